The topological polar surface area (TPSA) is 104 Å². The van der Waals surface area contributed by atoms with Gasteiger partial charge in [0.25, 0.3) is 0 Å². The van der Waals surface area contributed by atoms with E-state index in [2.05, 4.69) is 15.4 Å². The Morgan fingerprint density at radius 2 is 1.82 bits per heavy atom. The van der Waals surface area contributed by atoms with Gasteiger partial charge in [0.2, 0.25) is 21.8 Å². The van der Waals surface area contributed by atoms with Crippen LogP contribution in [0.15, 0.2) is 47.4 Å². The van der Waals surface area contributed by atoms with E-state index in [9.17, 15) is 18.0 Å². The van der Waals surface area contributed by atoms with Gasteiger partial charge in [-0.3, -0.25) is 9.59 Å². The number of nitrogens with one attached hydrogen (secondary N) is 3. The van der Waals surface area contributed by atoms with Crippen molar-refractivity contribution in [2.45, 2.75) is 56.8 Å². The number of sulfonamides is 1. The number of anilines is 2. The van der Waals surface area contributed by atoms with Crippen LogP contribution in [-0.2, 0) is 26.0 Å². The second kappa shape index (κ2) is 10.1. The molecule has 0 aromatic heterocycles. The van der Waals surface area contributed by atoms with Crippen LogP contribution < -0.4 is 15.4 Å². The van der Waals surface area contributed by atoms with E-state index in [-0.39, 0.29) is 28.5 Å². The first-order valence-electron chi connectivity index (χ1n) is 11.6. The summed E-state index contributed by atoms with van der Waals surface area (Å²) < 4.78 is 28.5. The molecule has 2 aromatic rings. The van der Waals surface area contributed by atoms with E-state index < -0.39 is 10.0 Å². The van der Waals surface area contributed by atoms with Crippen LogP contribution in [0.3, 0.4) is 0 Å². The Hall–Kier alpha value is -2.71. The molecule has 1 saturated carbocycles. The quantitative estimate of drug-likeness (QED) is 0.595. The Morgan fingerprint density at radius 3 is 2.58 bits per heavy atom. The van der Waals surface area contributed by atoms with Gasteiger partial charge in [-0.1, -0.05) is 18.2 Å². The zero-order chi connectivity index (χ0) is 23.4. The molecule has 2 aromatic carbocycles. The van der Waals surface area contributed by atoms with Crippen LogP contribution >= 0.6 is 0 Å². The van der Waals surface area contributed by atoms with Gasteiger partial charge in [0.1, 0.15) is 0 Å². The molecular formula is C25H31N3O4S. The van der Waals surface area contributed by atoms with Crippen molar-refractivity contribution in [2.75, 3.05) is 17.2 Å². The number of amides is 2. The summed E-state index contributed by atoms with van der Waals surface area (Å²) in [5.41, 5.74) is 3.43. The van der Waals surface area contributed by atoms with Crippen LogP contribution in [0.2, 0.25) is 0 Å². The predicted octanol–water partition coefficient (Wildman–Crippen LogP) is 3.99. The summed E-state index contributed by atoms with van der Waals surface area (Å²) in [6.07, 6.45) is 4.95. The van der Waals surface area contributed by atoms with Crippen molar-refractivity contribution in [3.8, 4) is 0 Å². The Balaban J connectivity index is 1.29. The SMILES string of the molecule is Cc1ccccc1NC(=O)C1CCC(CNS(=O)(=O)c2ccc3c(c2)CCCC(=O)N3)CC1. The Kier molecular flexibility index (Phi) is 7.14. The molecular weight excluding hydrogens is 438 g/mol. The fourth-order valence-corrected chi connectivity index (χ4v) is 5.77. The predicted molar refractivity (Wildman–Crippen MR) is 128 cm³/mol. The van der Waals surface area contributed by atoms with Crippen molar-refractivity contribution < 1.29 is 18.0 Å². The van der Waals surface area contributed by atoms with Crippen molar-refractivity contribution >= 4 is 33.2 Å². The van der Waals surface area contributed by atoms with Crippen molar-refractivity contribution in [1.82, 2.24) is 4.72 Å². The lowest BCUT2D eigenvalue weighted by molar-refractivity contribution is -0.121. The number of carbonyl (C=O) groups is 2. The smallest absolute Gasteiger partial charge is 0.240 e. The van der Waals surface area contributed by atoms with Crippen LogP contribution in [0, 0.1) is 18.8 Å². The Morgan fingerprint density at radius 1 is 1.06 bits per heavy atom. The summed E-state index contributed by atoms with van der Waals surface area (Å²) in [4.78, 5) is 24.6. The molecule has 0 spiro atoms. The third-order valence-electron chi connectivity index (χ3n) is 6.69. The highest BCUT2D eigenvalue weighted by Gasteiger charge is 2.28. The van der Waals surface area contributed by atoms with Gasteiger partial charge in [0, 0.05) is 30.3 Å². The van der Waals surface area contributed by atoms with Gasteiger partial charge >= 0.3 is 0 Å². The second-order valence-corrected chi connectivity index (χ2v) is 10.9. The molecule has 0 bridgehead atoms. The van der Waals surface area contributed by atoms with Crippen LogP contribution in [0.5, 0.6) is 0 Å². The maximum atomic E-state index is 12.9. The lowest BCUT2D eigenvalue weighted by Gasteiger charge is -2.28. The van der Waals surface area contributed by atoms with Crippen LogP contribution in [-0.4, -0.2) is 26.8 Å². The highest BCUT2D eigenvalue weighted by molar-refractivity contribution is 7.89. The fraction of sp³-hybridized carbons (Fsp3) is 0.440. The molecule has 0 radical (unpaired) electrons. The molecule has 176 valence electrons. The minimum absolute atomic E-state index is 0.0364. The average molecular weight is 470 g/mol. The van der Waals surface area contributed by atoms with Gasteiger partial charge in [-0.2, -0.15) is 0 Å². The van der Waals surface area contributed by atoms with Gasteiger partial charge in [0.05, 0.1) is 4.90 Å². The molecule has 8 heteroatoms. The summed E-state index contributed by atoms with van der Waals surface area (Å²) in [6, 6.07) is 12.6. The van der Waals surface area contributed by atoms with Gasteiger partial charge in [-0.25, -0.2) is 13.1 Å². The lowest BCUT2D eigenvalue weighted by Crippen LogP contribution is -2.33. The van der Waals surface area contributed by atoms with Crippen LogP contribution in [0.1, 0.15) is 49.7 Å². The monoisotopic (exact) mass is 469 g/mol. The lowest BCUT2D eigenvalue weighted by atomic mass is 9.81. The Bertz CT molecular complexity index is 1140. The van der Waals surface area contributed by atoms with Crippen LogP contribution in [0.4, 0.5) is 11.4 Å². The van der Waals surface area contributed by atoms with Gasteiger partial charge < -0.3 is 10.6 Å². The molecule has 1 aliphatic carbocycles. The normalized spacial score (nSPS) is 20.9. The number of rotatable bonds is 6. The largest absolute Gasteiger partial charge is 0.326 e. The maximum absolute atomic E-state index is 12.9. The number of hydrogen-bond donors (Lipinski definition) is 3. The summed E-state index contributed by atoms with van der Waals surface area (Å²) in [7, 11) is -3.64. The number of hydrogen-bond acceptors (Lipinski definition) is 4. The van der Waals surface area contributed by atoms with Gasteiger partial charge in [-0.05, 0) is 86.8 Å². The van der Waals surface area contributed by atoms with E-state index in [0.717, 1.165) is 42.5 Å². The highest BCUT2D eigenvalue weighted by atomic mass is 32.2. The summed E-state index contributed by atoms with van der Waals surface area (Å²) in [6.45, 7) is 2.33. The zero-order valence-electron chi connectivity index (χ0n) is 18.9. The third-order valence-corrected chi connectivity index (χ3v) is 8.11. The van der Waals surface area contributed by atoms with E-state index in [1.807, 2.05) is 31.2 Å². The molecule has 2 aliphatic rings. The molecule has 1 aliphatic heterocycles. The molecule has 3 N–H and O–H groups in total. The standard InChI is InChI=1S/C25H31N3O4S/c1-17-5-2-3-7-22(17)28-25(30)19-11-9-18(10-12-19)16-26-33(31,32)21-13-14-23-20(15-21)6-4-8-24(29)27-23/h2-3,5,7,13-15,18-19,26H,4,6,8-12,16H2,1H3,(H,27,29)(H,28,30). The van der Waals surface area contributed by atoms with E-state index in [1.54, 1.807) is 18.2 Å². The molecule has 0 atom stereocenters. The van der Waals surface area contributed by atoms with Crippen molar-refractivity contribution in [1.29, 1.82) is 0 Å². The number of aryl methyl sites for hydroxylation is 2. The van der Waals surface area contributed by atoms with Crippen molar-refractivity contribution in [3.05, 3.63) is 53.6 Å². The number of carbonyl (C=O) groups excluding carboxylic acids is 2. The Labute approximate surface area is 195 Å². The van der Waals surface area contributed by atoms with E-state index >= 15 is 0 Å². The molecule has 33 heavy (non-hydrogen) atoms. The van der Waals surface area contributed by atoms with E-state index in [4.69, 9.17) is 0 Å². The van der Waals surface area contributed by atoms with Crippen molar-refractivity contribution in [3.63, 3.8) is 0 Å². The molecule has 0 saturated heterocycles. The summed E-state index contributed by atoms with van der Waals surface area (Å²) in [5.74, 6) is 0.172. The highest BCUT2D eigenvalue weighted by Crippen LogP contribution is 2.30. The summed E-state index contributed by atoms with van der Waals surface area (Å²) in [5, 5.41) is 5.86. The number of fused-ring (bicyclic) bond motifs is 1. The minimum Gasteiger partial charge on any atom is -0.326 e. The second-order valence-electron chi connectivity index (χ2n) is 9.09. The van der Waals surface area contributed by atoms with Crippen LogP contribution in [0.25, 0.3) is 0 Å². The molecule has 1 heterocycles. The molecule has 2 amide bonds. The van der Waals surface area contributed by atoms with Gasteiger partial charge in [-0.15, -0.1) is 0 Å². The van der Waals surface area contributed by atoms with Crippen molar-refractivity contribution in [2.24, 2.45) is 11.8 Å². The van der Waals surface area contributed by atoms with E-state index in [0.29, 0.717) is 31.5 Å². The summed E-state index contributed by atoms with van der Waals surface area (Å²) >= 11 is 0. The zero-order valence-corrected chi connectivity index (χ0v) is 19.7. The maximum Gasteiger partial charge on any atom is 0.240 e. The fourth-order valence-electron chi connectivity index (χ4n) is 4.61. The molecule has 0 unspecified atom stereocenters. The third kappa shape index (κ3) is 5.81. The number of para-hydroxylation sites is 1. The molecule has 7 nitrogen and oxygen atoms in total. The minimum atomic E-state index is -3.64. The first kappa shape index (κ1) is 23.4. The molecule has 1 fully saturated rings. The first-order valence-corrected chi connectivity index (χ1v) is 13.1. The van der Waals surface area contributed by atoms with Gasteiger partial charge in [0.15, 0.2) is 0 Å². The molecule has 4 rings (SSSR count). The average Bonchev–Trinajstić information content (AvgIpc) is 2.99. The number of benzene rings is 2. The van der Waals surface area contributed by atoms with E-state index in [1.165, 1.54) is 0 Å². The first-order chi connectivity index (χ1) is 15.8.